The zero-order valence-corrected chi connectivity index (χ0v) is 16.5. The molecule has 1 aromatic heterocycles. The summed E-state index contributed by atoms with van der Waals surface area (Å²) < 4.78 is 13.1. The number of amides is 1. The summed E-state index contributed by atoms with van der Waals surface area (Å²) in [7, 11) is 0. The molecule has 0 spiro atoms. The second-order valence-corrected chi connectivity index (χ2v) is 7.35. The highest BCUT2D eigenvalue weighted by Crippen LogP contribution is 2.23. The number of aromatic nitrogens is 3. The Labute approximate surface area is 168 Å². The highest BCUT2D eigenvalue weighted by atomic mass is 19.1. The molecule has 0 saturated carbocycles. The van der Waals surface area contributed by atoms with Crippen molar-refractivity contribution in [2.75, 3.05) is 5.32 Å². The number of fused-ring (bicyclic) bond motifs is 1. The number of nitrogens with one attached hydrogen (secondary N) is 1. The van der Waals surface area contributed by atoms with Crippen LogP contribution in [0, 0.1) is 12.7 Å². The Morgan fingerprint density at radius 3 is 2.21 bits per heavy atom. The van der Waals surface area contributed by atoms with Gasteiger partial charge >= 0.3 is 0 Å². The van der Waals surface area contributed by atoms with E-state index in [2.05, 4.69) is 29.4 Å². The second kappa shape index (κ2) is 7.47. The fourth-order valence-corrected chi connectivity index (χ4v) is 3.11. The first-order valence-corrected chi connectivity index (χ1v) is 9.45. The van der Waals surface area contributed by atoms with Crippen molar-refractivity contribution in [1.82, 2.24) is 15.0 Å². The number of nitrogens with zero attached hydrogens (tertiary/aromatic N) is 3. The quantitative estimate of drug-likeness (QED) is 0.520. The number of rotatable bonds is 4. The molecule has 0 fully saturated rings. The van der Waals surface area contributed by atoms with Crippen LogP contribution in [-0.4, -0.2) is 20.9 Å². The average molecular weight is 388 g/mol. The van der Waals surface area contributed by atoms with Crippen molar-refractivity contribution in [3.05, 3.63) is 83.2 Å². The molecule has 29 heavy (non-hydrogen) atoms. The predicted octanol–water partition coefficient (Wildman–Crippen LogP) is 5.24. The first-order chi connectivity index (χ1) is 13.9. The standard InChI is InChI=1S/C23H21FN4O/c1-14(2)16-4-6-17(7-5-16)23(29)25-20-13-22-21(12-15(20)3)26-28(27-22)19-10-8-18(24)9-11-19/h4-14H,1-3H3,(H,25,29). The van der Waals surface area contributed by atoms with E-state index in [0.29, 0.717) is 33.9 Å². The van der Waals surface area contributed by atoms with Crippen molar-refractivity contribution in [2.24, 2.45) is 0 Å². The summed E-state index contributed by atoms with van der Waals surface area (Å²) in [4.78, 5) is 14.1. The summed E-state index contributed by atoms with van der Waals surface area (Å²) in [5.74, 6) is -0.0677. The van der Waals surface area contributed by atoms with Gasteiger partial charge in [-0.25, -0.2) is 4.39 Å². The number of benzene rings is 3. The van der Waals surface area contributed by atoms with Crippen LogP contribution in [0.3, 0.4) is 0 Å². The third kappa shape index (κ3) is 3.87. The summed E-state index contributed by atoms with van der Waals surface area (Å²) in [5, 5.41) is 11.9. The van der Waals surface area contributed by atoms with E-state index >= 15 is 0 Å². The number of carbonyl (C=O) groups excluding carboxylic acids is 1. The van der Waals surface area contributed by atoms with Gasteiger partial charge in [0.15, 0.2) is 0 Å². The third-order valence-electron chi connectivity index (χ3n) is 4.87. The van der Waals surface area contributed by atoms with Crippen molar-refractivity contribution in [1.29, 1.82) is 0 Å². The summed E-state index contributed by atoms with van der Waals surface area (Å²) in [5.41, 5.74) is 5.37. The lowest BCUT2D eigenvalue weighted by Crippen LogP contribution is -2.12. The Bertz CT molecular complexity index is 1180. The fourth-order valence-electron chi connectivity index (χ4n) is 3.11. The molecular weight excluding hydrogens is 367 g/mol. The minimum Gasteiger partial charge on any atom is -0.322 e. The van der Waals surface area contributed by atoms with Gasteiger partial charge in [0.2, 0.25) is 0 Å². The van der Waals surface area contributed by atoms with Crippen LogP contribution >= 0.6 is 0 Å². The van der Waals surface area contributed by atoms with Crippen molar-refractivity contribution in [3.8, 4) is 5.69 Å². The summed E-state index contributed by atoms with van der Waals surface area (Å²) in [6, 6.07) is 17.3. The molecule has 0 atom stereocenters. The molecule has 0 saturated heterocycles. The predicted molar refractivity (Wildman–Crippen MR) is 112 cm³/mol. The highest BCUT2D eigenvalue weighted by Gasteiger charge is 2.12. The monoisotopic (exact) mass is 388 g/mol. The Kier molecular flexibility index (Phi) is 4.84. The number of anilines is 1. The van der Waals surface area contributed by atoms with Gasteiger partial charge in [-0.3, -0.25) is 4.79 Å². The molecule has 5 nitrogen and oxygen atoms in total. The van der Waals surface area contributed by atoms with Gasteiger partial charge in [0.05, 0.1) is 5.69 Å². The van der Waals surface area contributed by atoms with Gasteiger partial charge in [-0.05, 0) is 72.5 Å². The van der Waals surface area contributed by atoms with Crippen LogP contribution in [0.4, 0.5) is 10.1 Å². The van der Waals surface area contributed by atoms with Crippen molar-refractivity contribution < 1.29 is 9.18 Å². The summed E-state index contributed by atoms with van der Waals surface area (Å²) in [6.07, 6.45) is 0. The Hall–Kier alpha value is -3.54. The Morgan fingerprint density at radius 2 is 1.59 bits per heavy atom. The topological polar surface area (TPSA) is 59.8 Å². The maximum absolute atomic E-state index is 13.1. The van der Waals surface area contributed by atoms with Gasteiger partial charge in [-0.2, -0.15) is 4.80 Å². The van der Waals surface area contributed by atoms with Crippen LogP contribution in [0.15, 0.2) is 60.7 Å². The molecule has 6 heteroatoms. The maximum atomic E-state index is 13.1. The number of aryl methyl sites for hydroxylation is 1. The summed E-state index contributed by atoms with van der Waals surface area (Å²) in [6.45, 7) is 6.15. The Balaban J connectivity index is 1.61. The maximum Gasteiger partial charge on any atom is 0.255 e. The van der Waals surface area contributed by atoms with Gasteiger partial charge in [0.1, 0.15) is 16.9 Å². The average Bonchev–Trinajstić information content (AvgIpc) is 3.11. The number of carbonyl (C=O) groups is 1. The minimum atomic E-state index is -0.312. The molecule has 4 aromatic rings. The van der Waals surface area contributed by atoms with E-state index < -0.39 is 0 Å². The van der Waals surface area contributed by atoms with E-state index in [-0.39, 0.29) is 11.7 Å². The van der Waals surface area contributed by atoms with Gasteiger partial charge in [-0.1, -0.05) is 26.0 Å². The second-order valence-electron chi connectivity index (χ2n) is 7.35. The smallest absolute Gasteiger partial charge is 0.255 e. The zero-order chi connectivity index (χ0) is 20.5. The lowest BCUT2D eigenvalue weighted by atomic mass is 10.0. The molecule has 146 valence electrons. The van der Waals surface area contributed by atoms with E-state index in [1.54, 1.807) is 18.2 Å². The molecule has 0 unspecified atom stereocenters. The number of hydrogen-bond acceptors (Lipinski definition) is 3. The number of halogens is 1. The molecule has 0 bridgehead atoms. The highest BCUT2D eigenvalue weighted by molar-refractivity contribution is 6.05. The van der Waals surface area contributed by atoms with E-state index in [1.807, 2.05) is 37.3 Å². The fraction of sp³-hybridized carbons (Fsp3) is 0.174. The zero-order valence-electron chi connectivity index (χ0n) is 16.5. The molecule has 1 N–H and O–H groups in total. The third-order valence-corrected chi connectivity index (χ3v) is 4.87. The van der Waals surface area contributed by atoms with Gasteiger partial charge in [0.25, 0.3) is 5.91 Å². The summed E-state index contributed by atoms with van der Waals surface area (Å²) >= 11 is 0. The lowest BCUT2D eigenvalue weighted by Gasteiger charge is -2.10. The molecule has 0 radical (unpaired) electrons. The van der Waals surface area contributed by atoms with Crippen LogP contribution < -0.4 is 5.32 Å². The first-order valence-electron chi connectivity index (χ1n) is 9.45. The van der Waals surface area contributed by atoms with Gasteiger partial charge in [0, 0.05) is 11.3 Å². The van der Waals surface area contributed by atoms with Crippen LogP contribution in [0.1, 0.15) is 41.3 Å². The SMILES string of the molecule is Cc1cc2nn(-c3ccc(F)cc3)nc2cc1NC(=O)c1ccc(C(C)C)cc1. The van der Waals surface area contributed by atoms with E-state index in [9.17, 15) is 9.18 Å². The van der Waals surface area contributed by atoms with Crippen LogP contribution in [0.5, 0.6) is 0 Å². The largest absolute Gasteiger partial charge is 0.322 e. The molecule has 0 aliphatic carbocycles. The van der Waals surface area contributed by atoms with Crippen LogP contribution in [0.2, 0.25) is 0 Å². The van der Waals surface area contributed by atoms with Crippen LogP contribution in [0.25, 0.3) is 16.7 Å². The lowest BCUT2D eigenvalue weighted by molar-refractivity contribution is 0.102. The first kappa shape index (κ1) is 18.8. The Morgan fingerprint density at radius 1 is 0.966 bits per heavy atom. The van der Waals surface area contributed by atoms with Crippen molar-refractivity contribution in [2.45, 2.75) is 26.7 Å². The van der Waals surface area contributed by atoms with Crippen LogP contribution in [-0.2, 0) is 0 Å². The van der Waals surface area contributed by atoms with E-state index in [1.165, 1.54) is 22.5 Å². The molecule has 0 aliphatic heterocycles. The van der Waals surface area contributed by atoms with Crippen molar-refractivity contribution >= 4 is 22.6 Å². The normalized spacial score (nSPS) is 11.2. The minimum absolute atomic E-state index is 0.173. The van der Waals surface area contributed by atoms with E-state index in [4.69, 9.17) is 0 Å². The van der Waals surface area contributed by atoms with Crippen molar-refractivity contribution in [3.63, 3.8) is 0 Å². The van der Waals surface area contributed by atoms with Gasteiger partial charge in [-0.15, -0.1) is 10.2 Å². The molecule has 4 rings (SSSR count). The van der Waals surface area contributed by atoms with Gasteiger partial charge < -0.3 is 5.32 Å². The molecule has 1 heterocycles. The molecular formula is C23H21FN4O. The number of hydrogen-bond donors (Lipinski definition) is 1. The molecule has 0 aliphatic rings. The molecule has 1 amide bonds. The van der Waals surface area contributed by atoms with E-state index in [0.717, 1.165) is 5.56 Å². The molecule has 3 aromatic carbocycles.